The molecule has 2 N–H and O–H groups in total. The summed E-state index contributed by atoms with van der Waals surface area (Å²) >= 11 is 0. The molecule has 0 aliphatic carbocycles. The summed E-state index contributed by atoms with van der Waals surface area (Å²) in [5.74, 6) is -3.16. The van der Waals surface area contributed by atoms with E-state index < -0.39 is 43.3 Å². The van der Waals surface area contributed by atoms with E-state index in [0.29, 0.717) is 22.4 Å². The van der Waals surface area contributed by atoms with Crippen molar-refractivity contribution in [2.45, 2.75) is 37.3 Å². The van der Waals surface area contributed by atoms with Gasteiger partial charge < -0.3 is 25.0 Å². The summed E-state index contributed by atoms with van der Waals surface area (Å²) in [6, 6.07) is 13.2. The van der Waals surface area contributed by atoms with Crippen LogP contribution in [0.4, 0.5) is 8.78 Å². The van der Waals surface area contributed by atoms with Crippen molar-refractivity contribution in [1.29, 1.82) is 5.26 Å². The van der Waals surface area contributed by atoms with E-state index in [9.17, 15) is 18.4 Å². The number of nitriles is 1. The Bertz CT molecular complexity index is 1470. The fourth-order valence-corrected chi connectivity index (χ4v) is 5.11. The van der Waals surface area contributed by atoms with E-state index in [2.05, 4.69) is 15.6 Å². The number of hydrogen-bond acceptors (Lipinski definition) is 7. The Kier molecular flexibility index (Phi) is 7.80. The molecule has 208 valence electrons. The molecule has 1 aromatic heterocycles. The minimum Gasteiger partial charge on any atom is -0.493 e. The van der Waals surface area contributed by atoms with Gasteiger partial charge in [0.05, 0.1) is 37.3 Å². The van der Waals surface area contributed by atoms with Crippen molar-refractivity contribution in [3.8, 4) is 28.7 Å². The smallest absolute Gasteiger partial charge is 0.268 e. The van der Waals surface area contributed by atoms with Crippen LogP contribution in [-0.4, -0.2) is 73.1 Å². The molecule has 9 nitrogen and oxygen atoms in total. The Morgan fingerprint density at radius 3 is 2.65 bits per heavy atom. The number of aromatic nitrogens is 1. The van der Waals surface area contributed by atoms with Crippen LogP contribution in [0.3, 0.4) is 0 Å². The zero-order chi connectivity index (χ0) is 28.3. The molecule has 0 unspecified atom stereocenters. The number of nitrogens with zero attached hydrogens (tertiary/aromatic N) is 3. The normalized spacial score (nSPS) is 18.8. The highest BCUT2D eigenvalue weighted by Crippen LogP contribution is 2.35. The number of alkyl halides is 2. The molecule has 0 saturated carbocycles. The number of methoxy groups -OCH3 is 1. The zero-order valence-corrected chi connectivity index (χ0v) is 22.0. The van der Waals surface area contributed by atoms with Crippen LogP contribution < -0.4 is 20.1 Å². The molecule has 3 aromatic rings. The van der Waals surface area contributed by atoms with Gasteiger partial charge in [-0.1, -0.05) is 12.1 Å². The summed E-state index contributed by atoms with van der Waals surface area (Å²) in [5.41, 5.74) is 2.53. The van der Waals surface area contributed by atoms with Crippen molar-refractivity contribution in [3.63, 3.8) is 0 Å². The van der Waals surface area contributed by atoms with Gasteiger partial charge in [-0.3, -0.25) is 14.6 Å². The molecule has 3 heterocycles. The lowest BCUT2D eigenvalue weighted by Crippen LogP contribution is -2.43. The minimum absolute atomic E-state index is 0.0828. The highest BCUT2D eigenvalue weighted by atomic mass is 19.3. The van der Waals surface area contributed by atoms with Gasteiger partial charge in [-0.05, 0) is 67.4 Å². The summed E-state index contributed by atoms with van der Waals surface area (Å²) in [6.45, 7) is 0.438. The Hall–Kier alpha value is -4.30. The topological polar surface area (TPSA) is 117 Å². The maximum atomic E-state index is 13.7. The van der Waals surface area contributed by atoms with E-state index in [1.807, 2.05) is 30.3 Å². The van der Waals surface area contributed by atoms with Crippen molar-refractivity contribution in [2.24, 2.45) is 0 Å². The Labute approximate surface area is 230 Å². The number of pyridine rings is 1. The molecular formula is C29H29F2N5O4. The first-order chi connectivity index (χ1) is 19.3. The van der Waals surface area contributed by atoms with Gasteiger partial charge in [-0.2, -0.15) is 5.26 Å². The number of rotatable bonds is 7. The Morgan fingerprint density at radius 1 is 1.15 bits per heavy atom. The van der Waals surface area contributed by atoms with Crippen molar-refractivity contribution in [2.75, 3.05) is 33.3 Å². The summed E-state index contributed by atoms with van der Waals surface area (Å²) in [5, 5.41) is 15.5. The van der Waals surface area contributed by atoms with E-state index in [4.69, 9.17) is 14.7 Å². The average molecular weight is 550 g/mol. The van der Waals surface area contributed by atoms with Crippen LogP contribution in [0, 0.1) is 11.3 Å². The van der Waals surface area contributed by atoms with E-state index in [1.165, 1.54) is 12.3 Å². The third-order valence-corrected chi connectivity index (χ3v) is 7.20. The molecule has 2 amide bonds. The second kappa shape index (κ2) is 11.4. The maximum absolute atomic E-state index is 13.7. The van der Waals surface area contributed by atoms with Gasteiger partial charge in [-0.15, -0.1) is 0 Å². The number of carbonyl (C=O) groups excluding carboxylic acids is 2. The standard InChI is InChI=1S/C29H29F2N5O4/c1-39-25-5-3-19(13-26(25)40-21-6-9-33-10-7-21)18-2-4-24-23(12-18)22(8-11-34-24)28(38)35-16-27(37)36-17-29(30,31)14-20(36)15-32/h2-5,8,11-13,20-21,33H,6-7,9-10,14,16-17H2,1H3,(H,35,38)/t20-/m0/s1. The molecule has 0 bridgehead atoms. The first-order valence-corrected chi connectivity index (χ1v) is 13.1. The number of fused-ring (bicyclic) bond motifs is 1. The van der Waals surface area contributed by atoms with Gasteiger partial charge in [0.25, 0.3) is 11.8 Å². The van der Waals surface area contributed by atoms with Crippen molar-refractivity contribution < 1.29 is 27.8 Å². The Balaban J connectivity index is 1.36. The van der Waals surface area contributed by atoms with Crippen molar-refractivity contribution >= 4 is 22.7 Å². The maximum Gasteiger partial charge on any atom is 0.268 e. The van der Waals surface area contributed by atoms with Crippen molar-refractivity contribution in [1.82, 2.24) is 20.5 Å². The van der Waals surface area contributed by atoms with Crippen LogP contribution in [-0.2, 0) is 4.79 Å². The molecule has 0 spiro atoms. The third kappa shape index (κ3) is 5.82. The highest BCUT2D eigenvalue weighted by Gasteiger charge is 2.47. The molecule has 0 radical (unpaired) electrons. The summed E-state index contributed by atoms with van der Waals surface area (Å²) in [7, 11) is 1.59. The highest BCUT2D eigenvalue weighted by molar-refractivity contribution is 6.07. The van der Waals surface area contributed by atoms with Gasteiger partial charge in [0.1, 0.15) is 12.1 Å². The number of carbonyl (C=O) groups is 2. The van der Waals surface area contributed by atoms with Gasteiger partial charge in [0, 0.05) is 18.0 Å². The van der Waals surface area contributed by atoms with E-state index in [0.717, 1.165) is 42.0 Å². The number of halogens is 2. The lowest BCUT2D eigenvalue weighted by atomic mass is 10.00. The molecule has 5 rings (SSSR count). The van der Waals surface area contributed by atoms with Gasteiger partial charge >= 0.3 is 0 Å². The monoisotopic (exact) mass is 549 g/mol. The summed E-state index contributed by atoms with van der Waals surface area (Å²) < 4.78 is 39.3. The third-order valence-electron chi connectivity index (χ3n) is 7.20. The fourth-order valence-electron chi connectivity index (χ4n) is 5.11. The first-order valence-electron chi connectivity index (χ1n) is 13.1. The fraction of sp³-hybridized carbons (Fsp3) is 0.379. The van der Waals surface area contributed by atoms with E-state index in [1.54, 1.807) is 19.2 Å². The molecule has 40 heavy (non-hydrogen) atoms. The number of benzene rings is 2. The molecule has 1 atom stereocenters. The molecule has 2 saturated heterocycles. The zero-order valence-electron chi connectivity index (χ0n) is 22.0. The summed E-state index contributed by atoms with van der Waals surface area (Å²) in [6.07, 6.45) is 2.65. The van der Waals surface area contributed by atoms with Crippen LogP contribution in [0.15, 0.2) is 48.7 Å². The lowest BCUT2D eigenvalue weighted by molar-refractivity contribution is -0.131. The van der Waals surface area contributed by atoms with E-state index in [-0.39, 0.29) is 11.7 Å². The minimum atomic E-state index is -3.13. The Morgan fingerprint density at radius 2 is 1.90 bits per heavy atom. The quantitative estimate of drug-likeness (QED) is 0.463. The van der Waals surface area contributed by atoms with Crippen LogP contribution in [0.2, 0.25) is 0 Å². The SMILES string of the molecule is COc1ccc(-c2ccc3nccc(C(=O)NCC(=O)N4CC(F)(F)C[C@H]4C#N)c3c2)cc1OC1CCNCC1. The lowest BCUT2D eigenvalue weighted by Gasteiger charge is -2.25. The average Bonchev–Trinajstić information content (AvgIpc) is 3.30. The molecule has 11 heteroatoms. The number of nitrogens with one attached hydrogen (secondary N) is 2. The molecule has 2 aromatic carbocycles. The van der Waals surface area contributed by atoms with Gasteiger partial charge in [-0.25, -0.2) is 8.78 Å². The predicted octanol–water partition coefficient (Wildman–Crippen LogP) is 3.53. The number of likely N-dealkylation sites (tertiary alicyclic amines) is 1. The molecular weight excluding hydrogens is 520 g/mol. The van der Waals surface area contributed by atoms with Crippen molar-refractivity contribution in [3.05, 3.63) is 54.2 Å². The molecule has 2 aliphatic heterocycles. The second-order valence-corrected chi connectivity index (χ2v) is 9.93. The van der Waals surface area contributed by atoms with Crippen LogP contribution >= 0.6 is 0 Å². The van der Waals surface area contributed by atoms with Crippen LogP contribution in [0.25, 0.3) is 22.0 Å². The number of ether oxygens (including phenoxy) is 2. The predicted molar refractivity (Wildman–Crippen MR) is 143 cm³/mol. The van der Waals surface area contributed by atoms with Crippen LogP contribution in [0.5, 0.6) is 11.5 Å². The van der Waals surface area contributed by atoms with E-state index >= 15 is 0 Å². The second-order valence-electron chi connectivity index (χ2n) is 9.93. The van der Waals surface area contributed by atoms with Gasteiger partial charge in [0.15, 0.2) is 11.5 Å². The number of amides is 2. The largest absolute Gasteiger partial charge is 0.493 e. The molecule has 2 fully saturated rings. The van der Waals surface area contributed by atoms with Gasteiger partial charge in [0.2, 0.25) is 5.91 Å². The van der Waals surface area contributed by atoms with Crippen LogP contribution in [0.1, 0.15) is 29.6 Å². The number of hydrogen-bond donors (Lipinski definition) is 2. The summed E-state index contributed by atoms with van der Waals surface area (Å²) in [4.78, 5) is 30.8. The first kappa shape index (κ1) is 27.3. The molecule has 2 aliphatic rings. The number of piperidine rings is 1.